The summed E-state index contributed by atoms with van der Waals surface area (Å²) in [7, 11) is 0. The predicted molar refractivity (Wildman–Crippen MR) is 88.1 cm³/mol. The monoisotopic (exact) mass is 308 g/mol. The van der Waals surface area contributed by atoms with Gasteiger partial charge in [0.1, 0.15) is 0 Å². The van der Waals surface area contributed by atoms with Crippen molar-refractivity contribution in [2.24, 2.45) is 0 Å². The summed E-state index contributed by atoms with van der Waals surface area (Å²) in [5.74, 6) is 0.819. The number of nitrogens with zero attached hydrogens (tertiary/aromatic N) is 3. The molecule has 0 unspecified atom stereocenters. The molecule has 1 aromatic heterocycles. The summed E-state index contributed by atoms with van der Waals surface area (Å²) in [6, 6.07) is 8.94. The summed E-state index contributed by atoms with van der Waals surface area (Å²) < 4.78 is 0. The number of hydrogen-bond donors (Lipinski definition) is 1. The van der Waals surface area contributed by atoms with Crippen LogP contribution < -0.4 is 5.32 Å². The molecule has 0 bridgehead atoms. The quantitative estimate of drug-likeness (QED) is 0.921. The van der Waals surface area contributed by atoms with Crippen LogP contribution in [0.1, 0.15) is 29.3 Å². The molecule has 0 fully saturated rings. The van der Waals surface area contributed by atoms with Crippen molar-refractivity contribution < 1.29 is 4.79 Å². The Bertz CT molecular complexity index is 733. The molecule has 0 saturated heterocycles. The van der Waals surface area contributed by atoms with Gasteiger partial charge in [-0.3, -0.25) is 4.79 Å². The van der Waals surface area contributed by atoms with Crippen LogP contribution in [-0.2, 0) is 30.6 Å². The Morgan fingerprint density at radius 2 is 1.96 bits per heavy atom. The highest BCUT2D eigenvalue weighted by Crippen LogP contribution is 2.24. The van der Waals surface area contributed by atoms with Crippen LogP contribution in [0.25, 0.3) is 0 Å². The average molecular weight is 308 g/mol. The molecule has 4 rings (SSSR count). The number of amides is 1. The second kappa shape index (κ2) is 5.65. The largest absolute Gasteiger partial charge is 0.351 e. The SMILES string of the molecule is CC(=O)N1CCc2nc(NC3Cc4ccccc4C3)ncc2C1. The zero-order valence-electron chi connectivity index (χ0n) is 13.2. The van der Waals surface area contributed by atoms with Crippen molar-refractivity contribution in [1.29, 1.82) is 0 Å². The van der Waals surface area contributed by atoms with Crippen LogP contribution in [0.2, 0.25) is 0 Å². The maximum atomic E-state index is 11.5. The Labute approximate surface area is 135 Å². The highest BCUT2D eigenvalue weighted by molar-refractivity contribution is 5.73. The van der Waals surface area contributed by atoms with E-state index in [4.69, 9.17) is 0 Å². The van der Waals surface area contributed by atoms with Crippen LogP contribution in [0.3, 0.4) is 0 Å². The lowest BCUT2D eigenvalue weighted by molar-refractivity contribution is -0.129. The lowest BCUT2D eigenvalue weighted by Gasteiger charge is -2.27. The third-order valence-electron chi connectivity index (χ3n) is 4.76. The number of aromatic nitrogens is 2. The van der Waals surface area contributed by atoms with Gasteiger partial charge in [-0.2, -0.15) is 0 Å². The standard InChI is InChI=1S/C18H20N4O/c1-12(23)22-7-6-17-15(11-22)10-19-18(21-17)20-16-8-13-4-2-3-5-14(13)9-16/h2-5,10,16H,6-9,11H2,1H3,(H,19,20,21). The highest BCUT2D eigenvalue weighted by atomic mass is 16.2. The highest BCUT2D eigenvalue weighted by Gasteiger charge is 2.23. The van der Waals surface area contributed by atoms with Gasteiger partial charge in [0.25, 0.3) is 0 Å². The molecule has 1 amide bonds. The summed E-state index contributed by atoms with van der Waals surface area (Å²) in [4.78, 5) is 22.5. The molecule has 118 valence electrons. The molecule has 1 aliphatic heterocycles. The number of anilines is 1. The topological polar surface area (TPSA) is 58.1 Å². The number of hydrogen-bond acceptors (Lipinski definition) is 4. The van der Waals surface area contributed by atoms with Gasteiger partial charge in [0.2, 0.25) is 11.9 Å². The van der Waals surface area contributed by atoms with Crippen molar-refractivity contribution in [2.45, 2.75) is 38.8 Å². The molecule has 0 saturated carbocycles. The Balaban J connectivity index is 1.47. The second-order valence-corrected chi connectivity index (χ2v) is 6.37. The molecule has 23 heavy (non-hydrogen) atoms. The molecule has 2 aliphatic rings. The van der Waals surface area contributed by atoms with E-state index in [1.165, 1.54) is 11.1 Å². The van der Waals surface area contributed by atoms with Crippen molar-refractivity contribution in [3.05, 3.63) is 52.8 Å². The molecule has 2 heterocycles. The van der Waals surface area contributed by atoms with Crippen molar-refractivity contribution >= 4 is 11.9 Å². The van der Waals surface area contributed by atoms with E-state index in [-0.39, 0.29) is 5.91 Å². The van der Waals surface area contributed by atoms with Crippen LogP contribution in [0.4, 0.5) is 5.95 Å². The molecular weight excluding hydrogens is 288 g/mol. The van der Waals surface area contributed by atoms with E-state index in [9.17, 15) is 4.79 Å². The summed E-state index contributed by atoms with van der Waals surface area (Å²) >= 11 is 0. The summed E-state index contributed by atoms with van der Waals surface area (Å²) in [5.41, 5.74) is 4.96. The van der Waals surface area contributed by atoms with E-state index >= 15 is 0 Å². The summed E-state index contributed by atoms with van der Waals surface area (Å²) in [6.45, 7) is 2.98. The smallest absolute Gasteiger partial charge is 0.223 e. The minimum atomic E-state index is 0.113. The van der Waals surface area contributed by atoms with E-state index in [0.29, 0.717) is 18.5 Å². The summed E-state index contributed by atoms with van der Waals surface area (Å²) in [5, 5.41) is 3.47. The van der Waals surface area contributed by atoms with E-state index in [0.717, 1.165) is 37.1 Å². The number of benzene rings is 1. The number of rotatable bonds is 2. The fraction of sp³-hybridized carbons (Fsp3) is 0.389. The minimum Gasteiger partial charge on any atom is -0.351 e. The lowest BCUT2D eigenvalue weighted by atomic mass is 10.1. The molecule has 0 spiro atoms. The zero-order valence-corrected chi connectivity index (χ0v) is 13.2. The number of carbonyl (C=O) groups excluding carboxylic acids is 1. The molecule has 5 heteroatoms. The Morgan fingerprint density at radius 1 is 1.22 bits per heavy atom. The van der Waals surface area contributed by atoms with E-state index in [1.54, 1.807) is 6.92 Å². The van der Waals surface area contributed by atoms with Crippen molar-refractivity contribution in [3.8, 4) is 0 Å². The lowest BCUT2D eigenvalue weighted by Crippen LogP contribution is -2.35. The van der Waals surface area contributed by atoms with Gasteiger partial charge in [-0.25, -0.2) is 9.97 Å². The van der Waals surface area contributed by atoms with Gasteiger partial charge >= 0.3 is 0 Å². The Morgan fingerprint density at radius 3 is 2.65 bits per heavy atom. The molecule has 0 atom stereocenters. The maximum absolute atomic E-state index is 11.5. The van der Waals surface area contributed by atoms with Gasteiger partial charge in [0.05, 0.1) is 5.69 Å². The first-order chi connectivity index (χ1) is 11.2. The van der Waals surface area contributed by atoms with E-state index < -0.39 is 0 Å². The van der Waals surface area contributed by atoms with Crippen LogP contribution in [0.15, 0.2) is 30.5 Å². The van der Waals surface area contributed by atoms with Gasteiger partial charge in [0, 0.05) is 44.2 Å². The van der Waals surface area contributed by atoms with Gasteiger partial charge in [-0.05, 0) is 24.0 Å². The van der Waals surface area contributed by atoms with E-state index in [2.05, 4.69) is 39.6 Å². The average Bonchev–Trinajstić information content (AvgIpc) is 2.96. The number of nitrogens with one attached hydrogen (secondary N) is 1. The molecule has 1 aliphatic carbocycles. The molecule has 1 N–H and O–H groups in total. The van der Waals surface area contributed by atoms with Crippen molar-refractivity contribution in [3.63, 3.8) is 0 Å². The second-order valence-electron chi connectivity index (χ2n) is 6.37. The predicted octanol–water partition coefficient (Wildman–Crippen LogP) is 1.96. The molecule has 5 nitrogen and oxygen atoms in total. The van der Waals surface area contributed by atoms with Crippen LogP contribution >= 0.6 is 0 Å². The first-order valence-corrected chi connectivity index (χ1v) is 8.12. The normalized spacial score (nSPS) is 16.8. The first kappa shape index (κ1) is 14.2. The molecular formula is C18H20N4O. The minimum absolute atomic E-state index is 0.113. The van der Waals surface area contributed by atoms with Crippen molar-refractivity contribution in [2.75, 3.05) is 11.9 Å². The molecule has 1 aromatic carbocycles. The van der Waals surface area contributed by atoms with Crippen molar-refractivity contribution in [1.82, 2.24) is 14.9 Å². The first-order valence-electron chi connectivity index (χ1n) is 8.12. The fourth-order valence-corrected chi connectivity index (χ4v) is 3.50. The third kappa shape index (κ3) is 2.79. The third-order valence-corrected chi connectivity index (χ3v) is 4.76. The van der Waals surface area contributed by atoms with Gasteiger partial charge in [-0.1, -0.05) is 24.3 Å². The Kier molecular flexibility index (Phi) is 3.48. The van der Waals surface area contributed by atoms with Crippen LogP contribution in [0.5, 0.6) is 0 Å². The van der Waals surface area contributed by atoms with Crippen LogP contribution in [0, 0.1) is 0 Å². The fourth-order valence-electron chi connectivity index (χ4n) is 3.50. The number of carbonyl (C=O) groups is 1. The molecule has 0 radical (unpaired) electrons. The maximum Gasteiger partial charge on any atom is 0.223 e. The van der Waals surface area contributed by atoms with Gasteiger partial charge < -0.3 is 10.2 Å². The molecule has 2 aromatic rings. The summed E-state index contributed by atoms with van der Waals surface area (Å²) in [6.07, 6.45) is 4.71. The number of fused-ring (bicyclic) bond motifs is 2. The zero-order chi connectivity index (χ0) is 15.8. The van der Waals surface area contributed by atoms with Crippen LogP contribution in [-0.4, -0.2) is 33.4 Å². The van der Waals surface area contributed by atoms with E-state index in [1.807, 2.05) is 11.1 Å². The Hall–Kier alpha value is -2.43. The van der Waals surface area contributed by atoms with Gasteiger partial charge in [-0.15, -0.1) is 0 Å². The van der Waals surface area contributed by atoms with Gasteiger partial charge in [0.15, 0.2) is 0 Å².